The standard InChI is InChI=1S/C9H16BN2O3PS/c13-5-3-1-2-4-12-8(14)6-7(9(12)15)17-10-11-16/h7,13H,1-6,16H2. The summed E-state index contributed by atoms with van der Waals surface area (Å²) in [6.45, 7) is 0.623. The van der Waals surface area contributed by atoms with E-state index in [-0.39, 0.29) is 30.1 Å². The number of imide groups is 1. The molecular formula is C9H16BN2O3PS. The van der Waals surface area contributed by atoms with Crippen LogP contribution >= 0.6 is 21.0 Å². The predicted octanol–water partition coefficient (Wildman–Crippen LogP) is 0.603. The molecule has 2 amide bonds. The fourth-order valence-corrected chi connectivity index (χ4v) is 2.57. The summed E-state index contributed by atoms with van der Waals surface area (Å²) in [6.07, 6.45) is 4.13. The number of aliphatic hydroxyl groups is 1. The van der Waals surface area contributed by atoms with E-state index in [1.54, 1.807) is 6.35 Å². The zero-order valence-electron chi connectivity index (χ0n) is 9.54. The van der Waals surface area contributed by atoms with Crippen LogP contribution in [0.3, 0.4) is 0 Å². The molecule has 0 aromatic rings. The first-order chi connectivity index (χ1) is 8.20. The molecule has 1 fully saturated rings. The summed E-state index contributed by atoms with van der Waals surface area (Å²) in [5.41, 5.74) is 0. The van der Waals surface area contributed by atoms with Gasteiger partial charge < -0.3 is 0 Å². The number of aliphatic hydroxyl groups excluding tert-OH is 1. The Morgan fingerprint density at radius 2 is 2.24 bits per heavy atom. The van der Waals surface area contributed by atoms with Gasteiger partial charge in [0.15, 0.2) is 0 Å². The second kappa shape index (κ2) is 7.95. The number of hydrogen-bond acceptors (Lipinski definition) is 5. The number of nitrogens with zero attached hydrogens (tertiary/aromatic N) is 2. The van der Waals surface area contributed by atoms with Crippen molar-refractivity contribution < 1.29 is 14.7 Å². The van der Waals surface area contributed by atoms with Gasteiger partial charge in [0.05, 0.1) is 0 Å². The molecule has 2 atom stereocenters. The molecule has 0 aliphatic carbocycles. The number of carbonyl (C=O) groups excluding carboxylic acids is 2. The first-order valence-corrected chi connectivity index (χ1v) is 6.99. The fourth-order valence-electron chi connectivity index (χ4n) is 1.66. The van der Waals surface area contributed by atoms with Crippen molar-refractivity contribution in [2.45, 2.75) is 30.9 Å². The molecule has 2 unspecified atom stereocenters. The number of hydrogen-bond donors (Lipinski definition) is 1. The molecular weight excluding hydrogens is 258 g/mol. The maximum absolute atomic E-state index is 11.9. The van der Waals surface area contributed by atoms with Crippen molar-refractivity contribution in [3.63, 3.8) is 0 Å². The average molecular weight is 274 g/mol. The third kappa shape index (κ3) is 4.49. The normalized spacial score (nSPS) is 20.4. The summed E-state index contributed by atoms with van der Waals surface area (Å²) in [6, 6.07) is 0. The van der Waals surface area contributed by atoms with E-state index >= 15 is 0 Å². The van der Waals surface area contributed by atoms with Crippen LogP contribution in [0.25, 0.3) is 0 Å². The Morgan fingerprint density at radius 1 is 1.47 bits per heavy atom. The number of likely N-dealkylation sites (tertiary alicyclic amines) is 1. The molecule has 1 N–H and O–H groups in total. The van der Waals surface area contributed by atoms with Crippen molar-refractivity contribution in [1.29, 1.82) is 0 Å². The molecule has 1 aliphatic rings. The van der Waals surface area contributed by atoms with E-state index in [0.29, 0.717) is 13.0 Å². The topological polar surface area (TPSA) is 70.0 Å². The van der Waals surface area contributed by atoms with Gasteiger partial charge in [-0.25, -0.2) is 0 Å². The van der Waals surface area contributed by atoms with Crippen LogP contribution in [-0.4, -0.2) is 46.6 Å². The maximum atomic E-state index is 11.9. The summed E-state index contributed by atoms with van der Waals surface area (Å²) in [5, 5.41) is 8.32. The molecule has 94 valence electrons. The minimum atomic E-state index is -0.315. The Labute approximate surface area is 108 Å². The molecule has 5 nitrogen and oxygen atoms in total. The van der Waals surface area contributed by atoms with Crippen LogP contribution in [0.2, 0.25) is 0 Å². The van der Waals surface area contributed by atoms with E-state index in [2.05, 4.69) is 14.1 Å². The third-order valence-corrected chi connectivity index (χ3v) is 3.83. The number of amides is 2. The van der Waals surface area contributed by atoms with Crippen molar-refractivity contribution in [3.8, 4) is 0 Å². The van der Waals surface area contributed by atoms with Gasteiger partial charge in [-0.2, -0.15) is 0 Å². The Morgan fingerprint density at radius 3 is 2.88 bits per heavy atom. The van der Waals surface area contributed by atoms with Crippen LogP contribution in [-0.2, 0) is 9.59 Å². The molecule has 1 heterocycles. The van der Waals surface area contributed by atoms with Gasteiger partial charge in [0.25, 0.3) is 0 Å². The zero-order valence-corrected chi connectivity index (χ0v) is 11.5. The quantitative estimate of drug-likeness (QED) is 0.319. The van der Waals surface area contributed by atoms with Crippen molar-refractivity contribution in [2.75, 3.05) is 13.2 Å². The Bertz CT molecular complexity index is 317. The van der Waals surface area contributed by atoms with Crippen molar-refractivity contribution in [3.05, 3.63) is 0 Å². The SMILES string of the molecule is O=C1CC(S/B=N/P)C(=O)N1CCCCCO. The molecule has 1 saturated heterocycles. The predicted molar refractivity (Wildman–Crippen MR) is 71.5 cm³/mol. The van der Waals surface area contributed by atoms with Gasteiger partial charge in [0.1, 0.15) is 0 Å². The zero-order chi connectivity index (χ0) is 12.7. The summed E-state index contributed by atoms with van der Waals surface area (Å²) in [5.74, 6) is -0.220. The fraction of sp³-hybridized carbons (Fsp3) is 0.778. The minimum absolute atomic E-state index is 0.103. The number of unbranched alkanes of at least 4 members (excludes halogenated alkanes) is 2. The summed E-state index contributed by atoms with van der Waals surface area (Å²) >= 11 is 1.28. The van der Waals surface area contributed by atoms with Crippen LogP contribution in [0.5, 0.6) is 0 Å². The Hall–Kier alpha value is -0.255. The van der Waals surface area contributed by atoms with Crippen LogP contribution in [0.4, 0.5) is 0 Å². The molecule has 17 heavy (non-hydrogen) atoms. The van der Waals surface area contributed by atoms with E-state index in [4.69, 9.17) is 5.11 Å². The van der Waals surface area contributed by atoms with Crippen LogP contribution in [0, 0.1) is 0 Å². The molecule has 0 spiro atoms. The summed E-state index contributed by atoms with van der Waals surface area (Å²) in [7, 11) is 2.19. The van der Waals surface area contributed by atoms with E-state index in [0.717, 1.165) is 12.8 Å². The van der Waals surface area contributed by atoms with Crippen LogP contribution < -0.4 is 0 Å². The van der Waals surface area contributed by atoms with Gasteiger partial charge in [-0.15, -0.1) is 0 Å². The van der Waals surface area contributed by atoms with E-state index in [9.17, 15) is 9.59 Å². The Balaban J connectivity index is 2.39. The van der Waals surface area contributed by atoms with Gasteiger partial charge in [-0.3, -0.25) is 0 Å². The van der Waals surface area contributed by atoms with Crippen molar-refractivity contribution in [1.82, 2.24) is 4.90 Å². The monoisotopic (exact) mass is 274 g/mol. The second-order valence-corrected chi connectivity index (χ2v) is 5.10. The molecule has 0 radical (unpaired) electrons. The average Bonchev–Trinajstić information content (AvgIpc) is 2.58. The molecule has 1 aliphatic heterocycles. The first-order valence-electron chi connectivity index (χ1n) is 5.53. The van der Waals surface area contributed by atoms with E-state index in [1.165, 1.54) is 16.5 Å². The van der Waals surface area contributed by atoms with Gasteiger partial charge in [-0.05, 0) is 0 Å². The molecule has 1 rings (SSSR count). The first kappa shape index (κ1) is 14.8. The summed E-state index contributed by atoms with van der Waals surface area (Å²) in [4.78, 5) is 24.8. The van der Waals surface area contributed by atoms with Gasteiger partial charge in [0, 0.05) is 0 Å². The number of rotatable bonds is 7. The van der Waals surface area contributed by atoms with Gasteiger partial charge in [0.2, 0.25) is 0 Å². The van der Waals surface area contributed by atoms with Crippen LogP contribution in [0.15, 0.2) is 4.67 Å². The Kier molecular flexibility index (Phi) is 6.93. The molecule has 0 aromatic carbocycles. The van der Waals surface area contributed by atoms with Crippen molar-refractivity contribution in [2.24, 2.45) is 4.67 Å². The second-order valence-electron chi connectivity index (χ2n) is 3.75. The van der Waals surface area contributed by atoms with Crippen LogP contribution in [0.1, 0.15) is 25.7 Å². The molecule has 0 bridgehead atoms. The van der Waals surface area contributed by atoms with Crippen molar-refractivity contribution >= 4 is 39.2 Å². The van der Waals surface area contributed by atoms with Gasteiger partial charge >= 0.3 is 108 Å². The number of carbonyl (C=O) groups is 2. The van der Waals surface area contributed by atoms with E-state index < -0.39 is 0 Å². The summed E-state index contributed by atoms with van der Waals surface area (Å²) < 4.78 is 3.71. The molecule has 8 heteroatoms. The van der Waals surface area contributed by atoms with E-state index in [1.807, 2.05) is 0 Å². The third-order valence-electron chi connectivity index (χ3n) is 2.53. The molecule has 0 aromatic heterocycles. The molecule has 0 saturated carbocycles. The van der Waals surface area contributed by atoms with Gasteiger partial charge in [-0.1, -0.05) is 0 Å².